The fraction of sp³-hybridized carbons (Fsp3) is 0.100. The van der Waals surface area contributed by atoms with Gasteiger partial charge in [-0.15, -0.1) is 6.58 Å². The lowest BCUT2D eigenvalue weighted by Gasteiger charge is -2.27. The second-order valence-corrected chi connectivity index (χ2v) is 6.70. The molecule has 1 saturated heterocycles. The van der Waals surface area contributed by atoms with Gasteiger partial charge in [-0.25, -0.2) is 4.79 Å². The van der Waals surface area contributed by atoms with Crippen LogP contribution in [-0.4, -0.2) is 41.5 Å². The zero-order valence-electron chi connectivity index (χ0n) is 15.2. The maximum absolute atomic E-state index is 12.6. The van der Waals surface area contributed by atoms with Crippen molar-refractivity contribution in [1.82, 2.24) is 10.2 Å². The van der Waals surface area contributed by atoms with Crippen molar-refractivity contribution in [2.45, 2.75) is 0 Å². The van der Waals surface area contributed by atoms with Gasteiger partial charge in [0.05, 0.1) is 17.7 Å². The van der Waals surface area contributed by atoms with Gasteiger partial charge in [-0.05, 0) is 42.6 Å². The summed E-state index contributed by atoms with van der Waals surface area (Å²) in [6.45, 7) is 3.74. The number of rotatable bonds is 5. The highest BCUT2D eigenvalue weighted by atomic mass is 35.5. The zero-order valence-corrected chi connectivity index (χ0v) is 16.8. The topological polar surface area (TPSA) is 88.8 Å². The molecule has 2 aromatic rings. The Labute approximate surface area is 176 Å². The van der Waals surface area contributed by atoms with Gasteiger partial charge in [0.25, 0.3) is 11.8 Å². The predicted molar refractivity (Wildman–Crippen MR) is 111 cm³/mol. The number of amides is 2. The molecule has 1 fully saturated rings. The summed E-state index contributed by atoms with van der Waals surface area (Å²) in [6, 6.07) is 8.00. The minimum absolute atomic E-state index is 0.0255. The summed E-state index contributed by atoms with van der Waals surface area (Å²) in [4.78, 5) is 37.6. The first-order valence-electron chi connectivity index (χ1n) is 8.33. The number of hydrogen-bond acceptors (Lipinski definition) is 6. The van der Waals surface area contributed by atoms with E-state index in [9.17, 15) is 14.4 Å². The van der Waals surface area contributed by atoms with Crippen LogP contribution >= 0.6 is 23.8 Å². The Kier molecular flexibility index (Phi) is 5.95. The molecule has 1 aromatic carbocycles. The van der Waals surface area contributed by atoms with Crippen molar-refractivity contribution < 1.29 is 23.5 Å². The molecule has 2 heterocycles. The van der Waals surface area contributed by atoms with Gasteiger partial charge < -0.3 is 9.15 Å². The molecule has 1 aromatic heterocycles. The third-order valence-electron chi connectivity index (χ3n) is 4.07. The summed E-state index contributed by atoms with van der Waals surface area (Å²) in [6.07, 6.45) is 2.84. The fourth-order valence-electron chi connectivity index (χ4n) is 2.66. The van der Waals surface area contributed by atoms with Gasteiger partial charge in [-0.1, -0.05) is 23.7 Å². The van der Waals surface area contributed by atoms with Gasteiger partial charge >= 0.3 is 5.97 Å². The van der Waals surface area contributed by atoms with Crippen LogP contribution in [0.1, 0.15) is 16.1 Å². The zero-order chi connectivity index (χ0) is 21.1. The van der Waals surface area contributed by atoms with Crippen LogP contribution in [-0.2, 0) is 14.3 Å². The highest BCUT2D eigenvalue weighted by Gasteiger charge is 2.32. The Bertz CT molecular complexity index is 1070. The van der Waals surface area contributed by atoms with Crippen molar-refractivity contribution in [3.05, 3.63) is 64.9 Å². The van der Waals surface area contributed by atoms with Crippen molar-refractivity contribution in [3.63, 3.8) is 0 Å². The molecule has 2 amide bonds. The van der Waals surface area contributed by atoms with E-state index in [0.29, 0.717) is 11.3 Å². The number of nitrogens with one attached hydrogen (secondary N) is 1. The molecule has 1 aliphatic rings. The van der Waals surface area contributed by atoms with E-state index >= 15 is 0 Å². The minimum atomic E-state index is -0.608. The first-order chi connectivity index (χ1) is 13.8. The number of furan rings is 1. The number of carbonyl (C=O) groups is 3. The average Bonchev–Trinajstić information content (AvgIpc) is 3.16. The van der Waals surface area contributed by atoms with Crippen LogP contribution in [0, 0.1) is 0 Å². The minimum Gasteiger partial charge on any atom is -0.465 e. The molecule has 0 bridgehead atoms. The molecule has 7 nitrogen and oxygen atoms in total. The van der Waals surface area contributed by atoms with E-state index in [-0.39, 0.29) is 33.6 Å². The molecule has 1 N–H and O–H groups in total. The number of methoxy groups -OCH3 is 1. The van der Waals surface area contributed by atoms with Crippen molar-refractivity contribution in [3.8, 4) is 11.3 Å². The van der Waals surface area contributed by atoms with Crippen LogP contribution in [0.5, 0.6) is 0 Å². The third-order valence-corrected chi connectivity index (χ3v) is 4.70. The molecule has 0 unspecified atom stereocenters. The first-order valence-corrected chi connectivity index (χ1v) is 9.12. The number of benzene rings is 1. The van der Waals surface area contributed by atoms with Gasteiger partial charge in [-0.3, -0.25) is 19.8 Å². The van der Waals surface area contributed by atoms with Crippen molar-refractivity contribution in [2.24, 2.45) is 0 Å². The van der Waals surface area contributed by atoms with Crippen LogP contribution in [0.15, 0.2) is 53.0 Å². The molecule has 0 spiro atoms. The first kappa shape index (κ1) is 20.5. The Morgan fingerprint density at radius 1 is 1.34 bits per heavy atom. The number of nitrogens with zero attached hydrogens (tertiary/aromatic N) is 1. The maximum atomic E-state index is 12.6. The molecular formula is C20H15ClN2O5S. The van der Waals surface area contributed by atoms with E-state index in [1.54, 1.807) is 24.3 Å². The summed E-state index contributed by atoms with van der Waals surface area (Å²) >= 11 is 11.1. The Hall–Kier alpha value is -3.23. The molecular weight excluding hydrogens is 416 g/mol. The summed E-state index contributed by atoms with van der Waals surface area (Å²) in [7, 11) is 1.27. The van der Waals surface area contributed by atoms with Gasteiger partial charge in [-0.2, -0.15) is 0 Å². The third kappa shape index (κ3) is 4.13. The molecule has 148 valence electrons. The highest BCUT2D eigenvalue weighted by molar-refractivity contribution is 7.80. The maximum Gasteiger partial charge on any atom is 0.339 e. The fourth-order valence-corrected chi connectivity index (χ4v) is 3.17. The van der Waals surface area contributed by atoms with Crippen LogP contribution in [0.2, 0.25) is 5.02 Å². The lowest BCUT2D eigenvalue weighted by molar-refractivity contribution is -0.128. The molecule has 0 radical (unpaired) electrons. The van der Waals surface area contributed by atoms with Crippen LogP contribution < -0.4 is 5.32 Å². The number of ether oxygens (including phenoxy) is 1. The molecule has 0 aliphatic carbocycles. The lowest BCUT2D eigenvalue weighted by atomic mass is 10.1. The van der Waals surface area contributed by atoms with Gasteiger partial charge in [0, 0.05) is 12.1 Å². The smallest absolute Gasteiger partial charge is 0.339 e. The summed E-state index contributed by atoms with van der Waals surface area (Å²) in [5.41, 5.74) is 0.733. The lowest BCUT2D eigenvalue weighted by Crippen LogP contribution is -2.53. The monoisotopic (exact) mass is 430 g/mol. The van der Waals surface area contributed by atoms with E-state index in [1.807, 2.05) is 0 Å². The second kappa shape index (κ2) is 8.42. The van der Waals surface area contributed by atoms with E-state index in [1.165, 1.54) is 30.2 Å². The summed E-state index contributed by atoms with van der Waals surface area (Å²) < 4.78 is 10.4. The second-order valence-electron chi connectivity index (χ2n) is 5.91. The number of thiocarbonyl (C=S) groups is 1. The van der Waals surface area contributed by atoms with Crippen molar-refractivity contribution >= 4 is 52.8 Å². The average molecular weight is 431 g/mol. The SMILES string of the molecule is C=CCN1C(=O)/C(=C/c2ccc(-c3ccc(C(=O)OC)c(Cl)c3)o2)C(=O)NC1=S. The van der Waals surface area contributed by atoms with E-state index in [0.717, 1.165) is 0 Å². The number of carbonyl (C=O) groups excluding carboxylic acids is 3. The Morgan fingerprint density at radius 2 is 2.10 bits per heavy atom. The Morgan fingerprint density at radius 3 is 2.76 bits per heavy atom. The molecule has 29 heavy (non-hydrogen) atoms. The number of esters is 1. The molecule has 9 heteroatoms. The quantitative estimate of drug-likeness (QED) is 0.257. The van der Waals surface area contributed by atoms with E-state index in [4.69, 9.17) is 28.2 Å². The number of hydrogen-bond donors (Lipinski definition) is 1. The van der Waals surface area contributed by atoms with Crippen molar-refractivity contribution in [1.29, 1.82) is 0 Å². The molecule has 0 atom stereocenters. The standard InChI is InChI=1S/C20H15ClN2O5S/c1-3-8-23-18(25)14(17(24)22-20(23)29)10-12-5-7-16(28-12)11-4-6-13(15(21)9-11)19(26)27-2/h3-7,9-10H,1,8H2,2H3,(H,22,24,29)/b14-10+. The Balaban J connectivity index is 1.90. The van der Waals surface area contributed by atoms with Crippen LogP contribution in [0.3, 0.4) is 0 Å². The van der Waals surface area contributed by atoms with Crippen molar-refractivity contribution in [2.75, 3.05) is 13.7 Å². The summed E-state index contributed by atoms with van der Waals surface area (Å²) in [5.74, 6) is -0.962. The predicted octanol–water partition coefficient (Wildman–Crippen LogP) is 3.20. The van der Waals surface area contributed by atoms with Gasteiger partial charge in [0.2, 0.25) is 0 Å². The molecule has 1 aliphatic heterocycles. The normalized spacial score (nSPS) is 15.4. The summed E-state index contributed by atoms with van der Waals surface area (Å²) in [5, 5.41) is 2.70. The molecule has 3 rings (SSSR count). The van der Waals surface area contributed by atoms with Gasteiger partial charge in [0.15, 0.2) is 5.11 Å². The van der Waals surface area contributed by atoms with Crippen LogP contribution in [0.4, 0.5) is 0 Å². The van der Waals surface area contributed by atoms with E-state index in [2.05, 4.69) is 16.6 Å². The number of halogens is 1. The van der Waals surface area contributed by atoms with Gasteiger partial charge in [0.1, 0.15) is 17.1 Å². The highest BCUT2D eigenvalue weighted by Crippen LogP contribution is 2.28. The largest absolute Gasteiger partial charge is 0.465 e. The van der Waals surface area contributed by atoms with E-state index < -0.39 is 17.8 Å². The van der Waals surface area contributed by atoms with Crippen LogP contribution in [0.25, 0.3) is 17.4 Å². The molecule has 0 saturated carbocycles.